The largest absolute Gasteiger partial charge is 0.406 e. The molecule has 5 rings (SSSR count). The van der Waals surface area contributed by atoms with Crippen LogP contribution in [0.1, 0.15) is 16.7 Å². The smallest absolute Gasteiger partial charge is 0.256 e. The molecule has 1 fully saturated rings. The van der Waals surface area contributed by atoms with Gasteiger partial charge in [0.2, 0.25) is 5.54 Å². The maximum Gasteiger partial charge on any atom is 0.256 e. The van der Waals surface area contributed by atoms with E-state index in [1.54, 1.807) is 17.2 Å². The van der Waals surface area contributed by atoms with E-state index in [1.807, 2.05) is 48.7 Å². The van der Waals surface area contributed by atoms with Crippen LogP contribution >= 0.6 is 15.9 Å². The quantitative estimate of drug-likeness (QED) is 0.334. The first-order valence-corrected chi connectivity index (χ1v) is 11.8. The lowest BCUT2D eigenvalue weighted by Gasteiger charge is -2.51. The van der Waals surface area contributed by atoms with E-state index in [4.69, 9.17) is 4.84 Å². The van der Waals surface area contributed by atoms with Crippen molar-refractivity contribution >= 4 is 32.7 Å². The Bertz CT molecular complexity index is 1370. The van der Waals surface area contributed by atoms with Gasteiger partial charge in [-0.1, -0.05) is 65.0 Å². The standard InChI is InChI=1S/C27H23BrFN3O2/c1-18-27(21-9-11-22(28)12-10-21,26(33)31-16-19-5-4-6-23(29)15-19)32(34-18)14-13-20-17-30-25-8-3-2-7-24(20)25/h2-12,15,17,30H,1,13-14,16H2,(H,31,33). The number of amides is 1. The summed E-state index contributed by atoms with van der Waals surface area (Å²) in [7, 11) is 0. The van der Waals surface area contributed by atoms with Crippen LogP contribution in [-0.2, 0) is 28.1 Å². The SMILES string of the molecule is C=C1ON(CCc2c[nH]c3ccccc23)C1(C(=O)NCc1cccc(F)c1)c1ccc(Br)cc1. The van der Waals surface area contributed by atoms with Crippen LogP contribution in [0.5, 0.6) is 0 Å². The summed E-state index contributed by atoms with van der Waals surface area (Å²) in [6, 6.07) is 21.8. The third-order valence-corrected chi connectivity index (χ3v) is 6.72. The molecule has 5 nitrogen and oxygen atoms in total. The number of nitrogens with zero attached hydrogens (tertiary/aromatic N) is 1. The molecule has 34 heavy (non-hydrogen) atoms. The van der Waals surface area contributed by atoms with Crippen molar-refractivity contribution < 1.29 is 14.0 Å². The number of carbonyl (C=O) groups excluding carboxylic acids is 1. The van der Waals surface area contributed by atoms with E-state index in [1.165, 1.54) is 12.1 Å². The first kappa shape index (κ1) is 22.4. The fraction of sp³-hybridized carbons (Fsp3) is 0.148. The maximum absolute atomic E-state index is 13.7. The Hall–Kier alpha value is -3.42. The molecule has 0 aliphatic carbocycles. The fourth-order valence-electron chi connectivity index (χ4n) is 4.47. The first-order valence-electron chi connectivity index (χ1n) is 11.0. The van der Waals surface area contributed by atoms with Crippen molar-refractivity contribution in [2.75, 3.05) is 6.54 Å². The highest BCUT2D eigenvalue weighted by Gasteiger charge is 2.59. The van der Waals surface area contributed by atoms with E-state index in [2.05, 4.69) is 38.9 Å². The molecule has 1 amide bonds. The summed E-state index contributed by atoms with van der Waals surface area (Å²) in [5, 5.41) is 5.79. The highest BCUT2D eigenvalue weighted by Crippen LogP contribution is 2.46. The fourth-order valence-corrected chi connectivity index (χ4v) is 4.73. The van der Waals surface area contributed by atoms with Gasteiger partial charge in [-0.2, -0.15) is 0 Å². The molecule has 7 heteroatoms. The van der Waals surface area contributed by atoms with E-state index in [0.29, 0.717) is 24.3 Å². The Kier molecular flexibility index (Phi) is 5.98. The molecular weight excluding hydrogens is 497 g/mol. The summed E-state index contributed by atoms with van der Waals surface area (Å²) >= 11 is 3.46. The molecule has 2 heterocycles. The lowest BCUT2D eigenvalue weighted by Crippen LogP contribution is -2.65. The van der Waals surface area contributed by atoms with Gasteiger partial charge in [-0.15, -0.1) is 5.06 Å². The number of nitrogens with one attached hydrogen (secondary N) is 2. The Balaban J connectivity index is 1.42. The molecule has 1 aliphatic heterocycles. The van der Waals surface area contributed by atoms with Crippen LogP contribution in [0.2, 0.25) is 0 Å². The van der Waals surface area contributed by atoms with Crippen molar-refractivity contribution in [1.82, 2.24) is 15.4 Å². The van der Waals surface area contributed by atoms with Gasteiger partial charge >= 0.3 is 0 Å². The lowest BCUT2D eigenvalue weighted by molar-refractivity contribution is -0.280. The Labute approximate surface area is 205 Å². The number of rotatable bonds is 7. The second kappa shape index (κ2) is 9.08. The molecule has 1 atom stereocenters. The molecule has 0 saturated carbocycles. The minimum Gasteiger partial charge on any atom is -0.406 e. The highest BCUT2D eigenvalue weighted by atomic mass is 79.9. The summed E-state index contributed by atoms with van der Waals surface area (Å²) in [4.78, 5) is 22.8. The third-order valence-electron chi connectivity index (χ3n) is 6.19. The monoisotopic (exact) mass is 519 g/mol. The zero-order chi connectivity index (χ0) is 23.7. The number of fused-ring (bicyclic) bond motifs is 1. The van der Waals surface area contributed by atoms with Crippen molar-refractivity contribution in [3.8, 4) is 0 Å². The zero-order valence-electron chi connectivity index (χ0n) is 18.4. The number of hydrogen-bond donors (Lipinski definition) is 2. The van der Waals surface area contributed by atoms with Gasteiger partial charge in [-0.25, -0.2) is 4.39 Å². The van der Waals surface area contributed by atoms with Crippen LogP contribution in [0.3, 0.4) is 0 Å². The van der Waals surface area contributed by atoms with Gasteiger partial charge in [0, 0.05) is 34.7 Å². The second-order valence-corrected chi connectivity index (χ2v) is 9.17. The van der Waals surface area contributed by atoms with Crippen LogP contribution in [0.25, 0.3) is 10.9 Å². The molecule has 2 N–H and O–H groups in total. The normalized spacial score (nSPS) is 17.9. The summed E-state index contributed by atoms with van der Waals surface area (Å²) in [5.74, 6) is -0.258. The van der Waals surface area contributed by atoms with Gasteiger partial charge in [-0.3, -0.25) is 4.79 Å². The number of carbonyl (C=O) groups is 1. The molecule has 1 unspecified atom stereocenters. The highest BCUT2D eigenvalue weighted by molar-refractivity contribution is 9.10. The minimum absolute atomic E-state index is 0.193. The number of para-hydroxylation sites is 1. The van der Waals surface area contributed by atoms with Crippen LogP contribution < -0.4 is 5.32 Å². The number of aromatic nitrogens is 1. The summed E-state index contributed by atoms with van der Waals surface area (Å²) in [6.45, 7) is 4.71. The van der Waals surface area contributed by atoms with Gasteiger partial charge in [0.15, 0.2) is 5.76 Å². The number of aromatic amines is 1. The third kappa shape index (κ3) is 3.91. The van der Waals surface area contributed by atoms with Crippen LogP contribution in [-0.4, -0.2) is 22.5 Å². The van der Waals surface area contributed by atoms with Crippen LogP contribution in [0, 0.1) is 5.82 Å². The summed E-state index contributed by atoms with van der Waals surface area (Å²) < 4.78 is 14.5. The van der Waals surface area contributed by atoms with Crippen molar-refractivity contribution in [3.63, 3.8) is 0 Å². The molecule has 1 aliphatic rings. The van der Waals surface area contributed by atoms with E-state index >= 15 is 0 Å². The predicted octanol–water partition coefficient (Wildman–Crippen LogP) is 5.58. The van der Waals surface area contributed by atoms with Crippen molar-refractivity contribution in [2.24, 2.45) is 0 Å². The molecule has 3 aromatic carbocycles. The number of halogens is 2. The Morgan fingerprint density at radius 2 is 1.91 bits per heavy atom. The van der Waals surface area contributed by atoms with E-state index < -0.39 is 5.54 Å². The number of hydrogen-bond acceptors (Lipinski definition) is 3. The molecular formula is C27H23BrFN3O2. The van der Waals surface area contributed by atoms with Gasteiger partial charge in [0.05, 0.1) is 0 Å². The first-order chi connectivity index (χ1) is 16.5. The topological polar surface area (TPSA) is 57.4 Å². The maximum atomic E-state index is 13.7. The van der Waals surface area contributed by atoms with Crippen LogP contribution in [0.4, 0.5) is 4.39 Å². The van der Waals surface area contributed by atoms with Crippen molar-refractivity contribution in [2.45, 2.75) is 18.5 Å². The lowest BCUT2D eigenvalue weighted by atomic mass is 9.84. The zero-order valence-corrected chi connectivity index (χ0v) is 19.9. The molecule has 0 bridgehead atoms. The second-order valence-electron chi connectivity index (χ2n) is 8.26. The summed E-state index contributed by atoms with van der Waals surface area (Å²) in [5.41, 5.74) is 2.46. The summed E-state index contributed by atoms with van der Waals surface area (Å²) in [6.07, 6.45) is 2.66. The van der Waals surface area contributed by atoms with Gasteiger partial charge in [0.25, 0.3) is 5.91 Å². The van der Waals surface area contributed by atoms with E-state index in [9.17, 15) is 9.18 Å². The number of H-pyrrole nitrogens is 1. The Morgan fingerprint density at radius 1 is 1.12 bits per heavy atom. The minimum atomic E-state index is -1.18. The number of hydroxylamine groups is 2. The molecule has 4 aromatic rings. The average Bonchev–Trinajstić information content (AvgIpc) is 3.25. The van der Waals surface area contributed by atoms with Crippen molar-refractivity contribution in [3.05, 3.63) is 118 Å². The molecule has 0 spiro atoms. The predicted molar refractivity (Wildman–Crippen MR) is 133 cm³/mol. The molecule has 1 saturated heterocycles. The van der Waals surface area contributed by atoms with E-state index in [0.717, 1.165) is 26.5 Å². The Morgan fingerprint density at radius 3 is 2.68 bits per heavy atom. The van der Waals surface area contributed by atoms with E-state index in [-0.39, 0.29) is 18.3 Å². The van der Waals surface area contributed by atoms with Gasteiger partial charge < -0.3 is 15.1 Å². The molecule has 1 aromatic heterocycles. The van der Waals surface area contributed by atoms with Gasteiger partial charge in [0.1, 0.15) is 5.82 Å². The number of benzene rings is 3. The van der Waals surface area contributed by atoms with Crippen LogP contribution in [0.15, 0.2) is 95.8 Å². The van der Waals surface area contributed by atoms with Crippen molar-refractivity contribution in [1.29, 1.82) is 0 Å². The molecule has 172 valence electrons. The van der Waals surface area contributed by atoms with Gasteiger partial charge in [-0.05, 0) is 53.4 Å². The average molecular weight is 520 g/mol. The molecule has 0 radical (unpaired) electrons.